The molecule has 0 saturated heterocycles. The van der Waals surface area contributed by atoms with Crippen molar-refractivity contribution in [2.45, 2.75) is 13.0 Å². The van der Waals surface area contributed by atoms with Crippen LogP contribution in [0, 0.1) is 0 Å². The number of aliphatic hydroxyl groups is 1. The van der Waals surface area contributed by atoms with Gasteiger partial charge in [-0.25, -0.2) is 0 Å². The van der Waals surface area contributed by atoms with E-state index in [0.29, 0.717) is 23.4 Å². The molecule has 0 saturated carbocycles. The van der Waals surface area contributed by atoms with Crippen molar-refractivity contribution in [3.05, 3.63) is 23.8 Å². The molecule has 1 atom stereocenters. The number of methoxy groups -OCH3 is 1. The first-order valence-corrected chi connectivity index (χ1v) is 5.89. The van der Waals surface area contributed by atoms with E-state index >= 15 is 0 Å². The second-order valence-electron chi connectivity index (χ2n) is 3.04. The fourth-order valence-corrected chi connectivity index (χ4v) is 1.62. The van der Waals surface area contributed by atoms with Gasteiger partial charge in [-0.3, -0.25) is 0 Å². The van der Waals surface area contributed by atoms with Crippen LogP contribution in [0.3, 0.4) is 0 Å². The van der Waals surface area contributed by atoms with E-state index in [1.54, 1.807) is 19.2 Å². The third-order valence-electron chi connectivity index (χ3n) is 1.98. The molecule has 84 valence electrons. The molecule has 0 aliphatic heterocycles. The van der Waals surface area contributed by atoms with Gasteiger partial charge in [0.15, 0.2) is 0 Å². The summed E-state index contributed by atoms with van der Waals surface area (Å²) in [6.45, 7) is 2.51. The highest BCUT2D eigenvalue weighted by Gasteiger charge is 2.09. The van der Waals surface area contributed by atoms with E-state index < -0.39 is 6.10 Å². The highest BCUT2D eigenvalue weighted by Crippen LogP contribution is 2.27. The predicted octanol–water partition coefficient (Wildman–Crippen LogP) is 2.52. The summed E-state index contributed by atoms with van der Waals surface area (Å²) in [4.78, 5) is 0. The zero-order valence-electron chi connectivity index (χ0n) is 8.87. The van der Waals surface area contributed by atoms with Crippen LogP contribution in [0.25, 0.3) is 0 Å². The highest BCUT2D eigenvalue weighted by molar-refractivity contribution is 9.09. The van der Waals surface area contributed by atoms with Crippen molar-refractivity contribution in [1.82, 2.24) is 0 Å². The Kier molecular flexibility index (Phi) is 4.91. The third kappa shape index (κ3) is 3.39. The van der Waals surface area contributed by atoms with Crippen molar-refractivity contribution in [3.8, 4) is 11.5 Å². The summed E-state index contributed by atoms with van der Waals surface area (Å²) in [5, 5.41) is 10.2. The highest BCUT2D eigenvalue weighted by atomic mass is 79.9. The Morgan fingerprint density at radius 2 is 2.00 bits per heavy atom. The first-order chi connectivity index (χ1) is 7.21. The maximum atomic E-state index is 9.68. The summed E-state index contributed by atoms with van der Waals surface area (Å²) >= 11 is 3.23. The Labute approximate surface area is 98.1 Å². The van der Waals surface area contributed by atoms with Gasteiger partial charge in [0.1, 0.15) is 11.5 Å². The molecule has 1 aromatic rings. The standard InChI is InChI=1S/C11H15BrO3/c1-3-15-10-5-8(11(13)7-12)4-9(6-10)14-2/h4-6,11,13H,3,7H2,1-2H3. The molecule has 0 aliphatic rings. The van der Waals surface area contributed by atoms with Gasteiger partial charge in [0.2, 0.25) is 0 Å². The van der Waals surface area contributed by atoms with Gasteiger partial charge in [0.05, 0.1) is 19.8 Å². The van der Waals surface area contributed by atoms with Crippen molar-refractivity contribution in [3.63, 3.8) is 0 Å². The van der Waals surface area contributed by atoms with E-state index in [-0.39, 0.29) is 0 Å². The molecule has 0 fully saturated rings. The molecule has 15 heavy (non-hydrogen) atoms. The van der Waals surface area contributed by atoms with E-state index in [4.69, 9.17) is 9.47 Å². The van der Waals surface area contributed by atoms with Crippen LogP contribution in [0.5, 0.6) is 11.5 Å². The molecule has 0 radical (unpaired) electrons. The quantitative estimate of drug-likeness (QED) is 0.839. The van der Waals surface area contributed by atoms with E-state index in [2.05, 4.69) is 15.9 Å². The number of aliphatic hydroxyl groups excluding tert-OH is 1. The number of alkyl halides is 1. The van der Waals surface area contributed by atoms with Crippen molar-refractivity contribution in [2.24, 2.45) is 0 Å². The van der Waals surface area contributed by atoms with Gasteiger partial charge < -0.3 is 14.6 Å². The van der Waals surface area contributed by atoms with Crippen LogP contribution in [0.1, 0.15) is 18.6 Å². The number of rotatable bonds is 5. The summed E-state index contributed by atoms with van der Waals surface area (Å²) in [7, 11) is 1.59. The first kappa shape index (κ1) is 12.3. The summed E-state index contributed by atoms with van der Waals surface area (Å²) in [5.74, 6) is 1.41. The molecule has 3 nitrogen and oxygen atoms in total. The topological polar surface area (TPSA) is 38.7 Å². The van der Waals surface area contributed by atoms with Gasteiger partial charge in [-0.2, -0.15) is 0 Å². The van der Waals surface area contributed by atoms with Crippen molar-refractivity contribution in [1.29, 1.82) is 0 Å². The maximum Gasteiger partial charge on any atom is 0.123 e. The average molecular weight is 275 g/mol. The first-order valence-electron chi connectivity index (χ1n) is 4.77. The third-order valence-corrected chi connectivity index (χ3v) is 2.59. The predicted molar refractivity (Wildman–Crippen MR) is 62.9 cm³/mol. The summed E-state index contributed by atoms with van der Waals surface area (Å²) in [6, 6.07) is 5.42. The van der Waals surface area contributed by atoms with Gasteiger partial charge in [0.25, 0.3) is 0 Å². The SMILES string of the molecule is CCOc1cc(OC)cc(C(O)CBr)c1. The molecule has 0 bridgehead atoms. The Morgan fingerprint density at radius 1 is 1.33 bits per heavy atom. The minimum Gasteiger partial charge on any atom is -0.497 e. The molecule has 1 rings (SSSR count). The number of benzene rings is 1. The molecular formula is C11H15BrO3. The van der Waals surface area contributed by atoms with E-state index in [1.165, 1.54) is 0 Å². The molecule has 1 unspecified atom stereocenters. The summed E-state index contributed by atoms with van der Waals surface area (Å²) in [6.07, 6.45) is -0.542. The van der Waals surface area contributed by atoms with Crippen LogP contribution in [-0.2, 0) is 0 Å². The molecule has 0 aliphatic carbocycles. The fourth-order valence-electron chi connectivity index (χ4n) is 1.24. The molecule has 0 spiro atoms. The maximum absolute atomic E-state index is 9.68. The van der Waals surface area contributed by atoms with Crippen LogP contribution >= 0.6 is 15.9 Å². The number of ether oxygens (including phenoxy) is 2. The lowest BCUT2D eigenvalue weighted by molar-refractivity contribution is 0.204. The zero-order chi connectivity index (χ0) is 11.3. The molecule has 0 amide bonds. The van der Waals surface area contributed by atoms with Gasteiger partial charge in [-0.1, -0.05) is 15.9 Å². The second-order valence-corrected chi connectivity index (χ2v) is 3.69. The van der Waals surface area contributed by atoms with Crippen LogP contribution in [0.4, 0.5) is 0 Å². The molecule has 1 N–H and O–H groups in total. The van der Waals surface area contributed by atoms with Crippen LogP contribution in [0.15, 0.2) is 18.2 Å². The van der Waals surface area contributed by atoms with Crippen molar-refractivity contribution in [2.75, 3.05) is 19.0 Å². The monoisotopic (exact) mass is 274 g/mol. The van der Waals surface area contributed by atoms with Crippen LogP contribution in [0.2, 0.25) is 0 Å². The van der Waals surface area contributed by atoms with Gasteiger partial charge in [0, 0.05) is 11.4 Å². The lowest BCUT2D eigenvalue weighted by Crippen LogP contribution is -2.00. The second kappa shape index (κ2) is 5.98. The van der Waals surface area contributed by atoms with Gasteiger partial charge in [-0.15, -0.1) is 0 Å². The molecule has 0 aromatic heterocycles. The number of hydrogen-bond acceptors (Lipinski definition) is 3. The Hall–Kier alpha value is -0.740. The van der Waals surface area contributed by atoms with E-state index in [9.17, 15) is 5.11 Å². The lowest BCUT2D eigenvalue weighted by Gasteiger charge is -2.12. The van der Waals surface area contributed by atoms with Crippen molar-refractivity contribution >= 4 is 15.9 Å². The van der Waals surface area contributed by atoms with Gasteiger partial charge >= 0.3 is 0 Å². The van der Waals surface area contributed by atoms with Crippen molar-refractivity contribution < 1.29 is 14.6 Å². The fraction of sp³-hybridized carbons (Fsp3) is 0.455. The average Bonchev–Trinajstić information content (AvgIpc) is 2.28. The lowest BCUT2D eigenvalue weighted by atomic mass is 10.1. The molecule has 0 heterocycles. The molecular weight excluding hydrogens is 260 g/mol. The number of halogens is 1. The van der Waals surface area contributed by atoms with E-state index in [0.717, 1.165) is 5.56 Å². The smallest absolute Gasteiger partial charge is 0.123 e. The minimum atomic E-state index is -0.542. The number of hydrogen-bond donors (Lipinski definition) is 1. The van der Waals surface area contributed by atoms with Crippen LogP contribution < -0.4 is 9.47 Å². The molecule has 4 heteroatoms. The molecule has 1 aromatic carbocycles. The van der Waals surface area contributed by atoms with Gasteiger partial charge in [-0.05, 0) is 24.6 Å². The van der Waals surface area contributed by atoms with E-state index in [1.807, 2.05) is 13.0 Å². The summed E-state index contributed by atoms with van der Waals surface area (Å²) < 4.78 is 10.5. The Balaban J connectivity index is 2.99. The Bertz CT molecular complexity index is 315. The zero-order valence-corrected chi connectivity index (χ0v) is 10.5. The Morgan fingerprint density at radius 3 is 2.53 bits per heavy atom. The normalized spacial score (nSPS) is 12.3. The van der Waals surface area contributed by atoms with Crippen LogP contribution in [-0.4, -0.2) is 24.2 Å². The minimum absolute atomic E-state index is 0.492. The largest absolute Gasteiger partial charge is 0.497 e. The summed E-state index contributed by atoms with van der Waals surface area (Å²) in [5.41, 5.74) is 0.787.